The Kier molecular flexibility index (Phi) is 6.44. The molecule has 4 aromatic rings. The third-order valence-electron chi connectivity index (χ3n) is 4.32. The van der Waals surface area contributed by atoms with Crippen molar-refractivity contribution < 1.29 is 0 Å². The van der Waals surface area contributed by atoms with Gasteiger partial charge in [-0.1, -0.05) is 70.5 Å². The molecule has 29 heavy (non-hydrogen) atoms. The van der Waals surface area contributed by atoms with E-state index in [1.807, 2.05) is 47.1 Å². The van der Waals surface area contributed by atoms with E-state index in [1.165, 1.54) is 5.56 Å². The van der Waals surface area contributed by atoms with Crippen LogP contribution in [0.5, 0.6) is 0 Å². The molecule has 2 heterocycles. The molecule has 2 aromatic heterocycles. The molecule has 0 aliphatic carbocycles. The number of hydrogen-bond donors (Lipinski definition) is 0. The number of halogens is 1. The van der Waals surface area contributed by atoms with Crippen LogP contribution in [0.15, 0.2) is 98.9 Å². The van der Waals surface area contributed by atoms with Crippen molar-refractivity contribution in [3.63, 3.8) is 0 Å². The van der Waals surface area contributed by atoms with Crippen molar-refractivity contribution in [3.8, 4) is 11.3 Å². The summed E-state index contributed by atoms with van der Waals surface area (Å²) in [6, 6.07) is 24.3. The van der Waals surface area contributed by atoms with Gasteiger partial charge in [-0.25, -0.2) is 4.68 Å². The molecule has 0 N–H and O–H groups in total. The van der Waals surface area contributed by atoms with Gasteiger partial charge < -0.3 is 0 Å². The van der Waals surface area contributed by atoms with E-state index in [4.69, 9.17) is 10.1 Å². The van der Waals surface area contributed by atoms with E-state index in [0.717, 1.165) is 32.6 Å². The second-order valence-electron chi connectivity index (χ2n) is 6.31. The Hall–Kier alpha value is -2.83. The highest BCUT2D eigenvalue weighted by atomic mass is 79.9. The highest BCUT2D eigenvalue weighted by molar-refractivity contribution is 9.10. The van der Waals surface area contributed by atoms with Gasteiger partial charge in [0.2, 0.25) is 4.80 Å². The largest absolute Gasteiger partial charge is 0.257 e. The minimum absolute atomic E-state index is 0.707. The molecular weight excluding hydrogens is 444 g/mol. The molecule has 144 valence electrons. The normalized spacial score (nSPS) is 12.0. The molecule has 0 amide bonds. The van der Waals surface area contributed by atoms with E-state index in [1.54, 1.807) is 23.7 Å². The van der Waals surface area contributed by atoms with Gasteiger partial charge in [-0.05, 0) is 30.2 Å². The lowest BCUT2D eigenvalue weighted by Gasteiger charge is -2.05. The number of thiazole rings is 1. The summed E-state index contributed by atoms with van der Waals surface area (Å²) in [6.07, 6.45) is 4.43. The SMILES string of the molecule is Brc1ccccc1-c1csc(=NCCc2ccccc2)n1N=Cc1ccccn1. The summed E-state index contributed by atoms with van der Waals surface area (Å²) in [6.45, 7) is 0.707. The van der Waals surface area contributed by atoms with Crippen LogP contribution in [-0.2, 0) is 6.42 Å². The first kappa shape index (κ1) is 19.5. The summed E-state index contributed by atoms with van der Waals surface area (Å²) in [4.78, 5) is 10.0. The van der Waals surface area contributed by atoms with Crippen LogP contribution in [0.1, 0.15) is 11.3 Å². The van der Waals surface area contributed by atoms with Crippen LogP contribution in [0.2, 0.25) is 0 Å². The van der Waals surface area contributed by atoms with E-state index in [-0.39, 0.29) is 0 Å². The predicted molar refractivity (Wildman–Crippen MR) is 123 cm³/mol. The lowest BCUT2D eigenvalue weighted by Crippen LogP contribution is -2.13. The molecular formula is C23H19BrN4S. The third kappa shape index (κ3) is 4.96. The van der Waals surface area contributed by atoms with E-state index >= 15 is 0 Å². The maximum atomic E-state index is 4.82. The summed E-state index contributed by atoms with van der Waals surface area (Å²) in [5, 5.41) is 6.80. The maximum absolute atomic E-state index is 4.82. The van der Waals surface area contributed by atoms with Gasteiger partial charge in [-0.2, -0.15) is 5.10 Å². The van der Waals surface area contributed by atoms with Crippen LogP contribution < -0.4 is 4.80 Å². The molecule has 0 spiro atoms. The topological polar surface area (TPSA) is 42.5 Å². The van der Waals surface area contributed by atoms with Crippen LogP contribution in [0, 0.1) is 0 Å². The van der Waals surface area contributed by atoms with Crippen molar-refractivity contribution >= 4 is 33.5 Å². The van der Waals surface area contributed by atoms with Gasteiger partial charge >= 0.3 is 0 Å². The molecule has 0 atom stereocenters. The summed E-state index contributed by atoms with van der Waals surface area (Å²) < 4.78 is 2.92. The molecule has 0 aliphatic rings. The van der Waals surface area contributed by atoms with E-state index < -0.39 is 0 Å². The number of hydrogen-bond acceptors (Lipinski definition) is 4. The predicted octanol–water partition coefficient (Wildman–Crippen LogP) is 5.40. The summed E-state index contributed by atoms with van der Waals surface area (Å²) in [5.74, 6) is 0. The van der Waals surface area contributed by atoms with Gasteiger partial charge in [0.15, 0.2) is 0 Å². The van der Waals surface area contributed by atoms with Gasteiger partial charge in [-0.3, -0.25) is 9.98 Å². The zero-order valence-electron chi connectivity index (χ0n) is 15.6. The molecule has 4 rings (SSSR count). The molecule has 0 saturated heterocycles. The van der Waals surface area contributed by atoms with Gasteiger partial charge in [0.05, 0.1) is 17.6 Å². The number of benzene rings is 2. The maximum Gasteiger partial charge on any atom is 0.206 e. The first-order chi connectivity index (χ1) is 14.3. The van der Waals surface area contributed by atoms with Crippen LogP contribution in [0.3, 0.4) is 0 Å². The molecule has 0 radical (unpaired) electrons. The van der Waals surface area contributed by atoms with Crippen molar-refractivity contribution in [2.24, 2.45) is 10.1 Å². The number of pyridine rings is 1. The highest BCUT2D eigenvalue weighted by Gasteiger charge is 2.10. The fourth-order valence-electron chi connectivity index (χ4n) is 2.87. The van der Waals surface area contributed by atoms with Gasteiger partial charge in [-0.15, -0.1) is 11.3 Å². The smallest absolute Gasteiger partial charge is 0.206 e. The zero-order valence-corrected chi connectivity index (χ0v) is 18.1. The van der Waals surface area contributed by atoms with Crippen LogP contribution >= 0.6 is 27.3 Å². The Labute approximate surface area is 182 Å². The Bertz CT molecular complexity index is 1160. The van der Waals surface area contributed by atoms with E-state index in [9.17, 15) is 0 Å². The minimum Gasteiger partial charge on any atom is -0.257 e. The highest BCUT2D eigenvalue weighted by Crippen LogP contribution is 2.28. The average molecular weight is 463 g/mol. The van der Waals surface area contributed by atoms with Crippen LogP contribution in [0.25, 0.3) is 11.3 Å². The van der Waals surface area contributed by atoms with Crippen LogP contribution in [-0.4, -0.2) is 22.4 Å². The second-order valence-corrected chi connectivity index (χ2v) is 8.00. The Balaban J connectivity index is 1.70. The molecule has 0 saturated carbocycles. The lowest BCUT2D eigenvalue weighted by atomic mass is 10.2. The fraction of sp³-hybridized carbons (Fsp3) is 0.0870. The summed E-state index contributed by atoms with van der Waals surface area (Å²) in [5.41, 5.74) is 4.15. The Morgan fingerprint density at radius 1 is 0.966 bits per heavy atom. The van der Waals surface area contributed by atoms with Crippen molar-refractivity contribution in [2.75, 3.05) is 6.54 Å². The fourth-order valence-corrected chi connectivity index (χ4v) is 4.21. The van der Waals surface area contributed by atoms with Crippen LogP contribution in [0.4, 0.5) is 0 Å². The minimum atomic E-state index is 0.707. The van der Waals surface area contributed by atoms with Crippen molar-refractivity contribution in [1.82, 2.24) is 9.66 Å². The average Bonchev–Trinajstić information content (AvgIpc) is 3.16. The van der Waals surface area contributed by atoms with E-state index in [0.29, 0.717) is 6.54 Å². The van der Waals surface area contributed by atoms with Crippen molar-refractivity contribution in [2.45, 2.75) is 6.42 Å². The van der Waals surface area contributed by atoms with Gasteiger partial charge in [0.1, 0.15) is 0 Å². The molecule has 2 aromatic carbocycles. The Morgan fingerprint density at radius 2 is 1.76 bits per heavy atom. The summed E-state index contributed by atoms with van der Waals surface area (Å²) >= 11 is 5.24. The number of nitrogens with zero attached hydrogens (tertiary/aromatic N) is 4. The first-order valence-corrected chi connectivity index (χ1v) is 10.9. The number of aromatic nitrogens is 2. The van der Waals surface area contributed by atoms with Crippen molar-refractivity contribution in [1.29, 1.82) is 0 Å². The first-order valence-electron chi connectivity index (χ1n) is 9.26. The standard InChI is InChI=1S/C23H19BrN4S/c24-21-12-5-4-11-20(21)22-17-29-23(26-15-13-18-8-2-1-3-9-18)28(22)27-16-19-10-6-7-14-25-19/h1-12,14,16-17H,13,15H2. The third-order valence-corrected chi connectivity index (χ3v) is 5.86. The molecule has 6 heteroatoms. The number of rotatable bonds is 6. The van der Waals surface area contributed by atoms with Crippen molar-refractivity contribution in [3.05, 3.63) is 105 Å². The quantitative estimate of drug-likeness (QED) is 0.353. The molecule has 0 aliphatic heterocycles. The zero-order chi connectivity index (χ0) is 19.9. The second kappa shape index (κ2) is 9.58. The van der Waals surface area contributed by atoms with Gasteiger partial charge in [0, 0.05) is 28.2 Å². The molecule has 0 fully saturated rings. The molecule has 0 unspecified atom stereocenters. The van der Waals surface area contributed by atoms with E-state index in [2.05, 4.69) is 56.6 Å². The monoisotopic (exact) mass is 462 g/mol. The lowest BCUT2D eigenvalue weighted by molar-refractivity contribution is 0.815. The Morgan fingerprint density at radius 3 is 2.55 bits per heavy atom. The van der Waals surface area contributed by atoms with Gasteiger partial charge in [0.25, 0.3) is 0 Å². The summed E-state index contributed by atoms with van der Waals surface area (Å²) in [7, 11) is 0. The molecule has 4 nitrogen and oxygen atoms in total. The molecule has 0 bridgehead atoms.